The van der Waals surface area contributed by atoms with Crippen LogP contribution < -0.4 is 5.56 Å². The molecule has 7 nitrogen and oxygen atoms in total. The summed E-state index contributed by atoms with van der Waals surface area (Å²) in [5, 5.41) is 9.20. The van der Waals surface area contributed by atoms with E-state index in [2.05, 4.69) is 17.1 Å². The van der Waals surface area contributed by atoms with E-state index in [4.69, 9.17) is 0 Å². The van der Waals surface area contributed by atoms with E-state index >= 15 is 0 Å². The monoisotopic (exact) mass is 395 g/mol. The van der Waals surface area contributed by atoms with Crippen LogP contribution in [0.15, 0.2) is 53.5 Å². The van der Waals surface area contributed by atoms with Crippen molar-refractivity contribution in [1.82, 2.24) is 14.8 Å². The number of amides is 1. The van der Waals surface area contributed by atoms with E-state index < -0.39 is 5.97 Å². The number of carbonyl (C=O) groups is 2. The number of nitrogens with one attached hydrogen (secondary N) is 1. The maximum Gasteiger partial charge on any atom is 0.317 e. The molecule has 0 saturated carbocycles. The molecule has 2 unspecified atom stereocenters. The molecule has 2 atom stereocenters. The van der Waals surface area contributed by atoms with Crippen LogP contribution in [0.4, 0.5) is 0 Å². The zero-order chi connectivity index (χ0) is 20.4. The third-order valence-corrected chi connectivity index (χ3v) is 6.28. The highest BCUT2D eigenvalue weighted by Crippen LogP contribution is 2.46. The van der Waals surface area contributed by atoms with Crippen molar-refractivity contribution in [3.63, 3.8) is 0 Å². The number of hydrogen-bond donors (Lipinski definition) is 2. The van der Waals surface area contributed by atoms with Crippen LogP contribution in [-0.2, 0) is 11.2 Å². The van der Waals surface area contributed by atoms with Crippen molar-refractivity contribution in [3.05, 3.63) is 70.1 Å². The molecule has 0 bridgehead atoms. The molecule has 0 aliphatic carbocycles. The molecule has 1 aromatic heterocycles. The van der Waals surface area contributed by atoms with Crippen molar-refractivity contribution >= 4 is 11.9 Å². The van der Waals surface area contributed by atoms with Crippen molar-refractivity contribution in [1.29, 1.82) is 0 Å². The first-order valence-corrected chi connectivity index (χ1v) is 9.92. The number of hydrogen-bond acceptors (Lipinski definition) is 4. The van der Waals surface area contributed by atoms with Crippen LogP contribution in [0.2, 0.25) is 0 Å². The van der Waals surface area contributed by atoms with E-state index in [-0.39, 0.29) is 34.9 Å². The second kappa shape index (κ2) is 7.83. The SMILES string of the molecule is O=C(O)CN1CC2CN(C(=O)c3ccc[nH]c3=O)CC2(CCc2ccccc2)C1. The first-order valence-electron chi connectivity index (χ1n) is 9.92. The summed E-state index contributed by atoms with van der Waals surface area (Å²) in [6, 6.07) is 13.4. The van der Waals surface area contributed by atoms with Gasteiger partial charge in [-0.3, -0.25) is 19.3 Å². The summed E-state index contributed by atoms with van der Waals surface area (Å²) < 4.78 is 0. The lowest BCUT2D eigenvalue weighted by molar-refractivity contribution is -0.138. The molecular formula is C22H25N3O4. The van der Waals surface area contributed by atoms with Crippen LogP contribution in [0, 0.1) is 11.3 Å². The number of carbonyl (C=O) groups excluding carboxylic acids is 1. The predicted molar refractivity (Wildman–Crippen MR) is 108 cm³/mol. The molecule has 0 radical (unpaired) electrons. The molecule has 2 aliphatic heterocycles. The number of carboxylic acid groups (broad SMARTS) is 1. The minimum absolute atomic E-state index is 0.0237. The summed E-state index contributed by atoms with van der Waals surface area (Å²) >= 11 is 0. The van der Waals surface area contributed by atoms with Gasteiger partial charge in [-0.15, -0.1) is 0 Å². The van der Waals surface area contributed by atoms with Gasteiger partial charge >= 0.3 is 5.97 Å². The Morgan fingerprint density at radius 2 is 1.90 bits per heavy atom. The van der Waals surface area contributed by atoms with Crippen LogP contribution in [-0.4, -0.2) is 64.5 Å². The lowest BCUT2D eigenvalue weighted by Gasteiger charge is -2.29. The van der Waals surface area contributed by atoms with Gasteiger partial charge < -0.3 is 15.0 Å². The van der Waals surface area contributed by atoms with Gasteiger partial charge in [0.25, 0.3) is 11.5 Å². The highest BCUT2D eigenvalue weighted by Gasteiger charge is 2.53. The summed E-state index contributed by atoms with van der Waals surface area (Å²) in [5.41, 5.74) is 0.873. The Hall–Kier alpha value is -2.93. The summed E-state index contributed by atoms with van der Waals surface area (Å²) in [6.07, 6.45) is 3.28. The third kappa shape index (κ3) is 3.96. The molecule has 2 fully saturated rings. The number of carboxylic acids is 1. The van der Waals surface area contributed by atoms with E-state index in [1.165, 1.54) is 11.8 Å². The van der Waals surface area contributed by atoms with Crippen molar-refractivity contribution in [2.75, 3.05) is 32.7 Å². The molecule has 29 heavy (non-hydrogen) atoms. The van der Waals surface area contributed by atoms with Crippen LogP contribution in [0.1, 0.15) is 22.3 Å². The highest BCUT2D eigenvalue weighted by molar-refractivity contribution is 5.94. The average Bonchev–Trinajstić information content (AvgIpc) is 3.20. The second-order valence-corrected chi connectivity index (χ2v) is 8.21. The first kappa shape index (κ1) is 19.4. The summed E-state index contributed by atoms with van der Waals surface area (Å²) in [4.78, 5) is 42.6. The Labute approximate surface area is 169 Å². The summed E-state index contributed by atoms with van der Waals surface area (Å²) in [6.45, 7) is 2.45. The smallest absolute Gasteiger partial charge is 0.317 e. The molecule has 0 spiro atoms. The lowest BCUT2D eigenvalue weighted by atomic mass is 9.76. The normalized spacial score (nSPS) is 23.9. The van der Waals surface area contributed by atoms with Crippen LogP contribution in [0.5, 0.6) is 0 Å². The van der Waals surface area contributed by atoms with Gasteiger partial charge in [-0.2, -0.15) is 0 Å². The lowest BCUT2D eigenvalue weighted by Crippen LogP contribution is -2.39. The first-order chi connectivity index (χ1) is 14.0. The Bertz CT molecular complexity index is 958. The van der Waals surface area contributed by atoms with Gasteiger partial charge in [0.05, 0.1) is 6.54 Å². The number of aromatic amines is 1. The van der Waals surface area contributed by atoms with E-state index in [9.17, 15) is 19.5 Å². The maximum atomic E-state index is 13.0. The minimum atomic E-state index is -0.827. The zero-order valence-electron chi connectivity index (χ0n) is 16.2. The number of benzene rings is 1. The Morgan fingerprint density at radius 1 is 1.10 bits per heavy atom. The largest absolute Gasteiger partial charge is 0.480 e. The van der Waals surface area contributed by atoms with E-state index in [1.54, 1.807) is 17.0 Å². The van der Waals surface area contributed by atoms with E-state index in [0.29, 0.717) is 26.2 Å². The van der Waals surface area contributed by atoms with Gasteiger partial charge in [0.1, 0.15) is 5.56 Å². The fourth-order valence-corrected chi connectivity index (χ4v) is 4.91. The standard InChI is InChI=1S/C22H25N3O4/c26-19(27)13-24-11-17-12-25(21(29)18-7-4-10-23-20(18)28)15-22(17,14-24)9-8-16-5-2-1-3-6-16/h1-7,10,17H,8-9,11-15H2,(H,23,28)(H,26,27). The molecule has 4 rings (SSSR count). The fraction of sp³-hybridized carbons (Fsp3) is 0.409. The molecular weight excluding hydrogens is 370 g/mol. The molecule has 1 aromatic carbocycles. The molecule has 7 heteroatoms. The Balaban J connectivity index is 1.54. The zero-order valence-corrected chi connectivity index (χ0v) is 16.2. The topological polar surface area (TPSA) is 93.7 Å². The molecule has 2 aliphatic rings. The quantitative estimate of drug-likeness (QED) is 0.773. The number of pyridine rings is 1. The number of nitrogens with zero attached hydrogens (tertiary/aromatic N) is 2. The number of likely N-dealkylation sites (tertiary alicyclic amines) is 2. The van der Waals surface area contributed by atoms with Crippen molar-refractivity contribution in [2.24, 2.45) is 11.3 Å². The fourth-order valence-electron chi connectivity index (χ4n) is 4.91. The molecule has 2 aromatic rings. The molecule has 1 amide bonds. The molecule has 3 heterocycles. The van der Waals surface area contributed by atoms with Gasteiger partial charge in [-0.25, -0.2) is 0 Å². The number of H-pyrrole nitrogens is 1. The Kier molecular flexibility index (Phi) is 5.24. The van der Waals surface area contributed by atoms with Crippen molar-refractivity contribution in [2.45, 2.75) is 12.8 Å². The second-order valence-electron chi connectivity index (χ2n) is 8.21. The number of aliphatic carboxylic acids is 1. The number of fused-ring (bicyclic) bond motifs is 1. The number of aryl methyl sites for hydroxylation is 1. The van der Waals surface area contributed by atoms with Crippen LogP contribution in [0.3, 0.4) is 0 Å². The molecule has 2 N–H and O–H groups in total. The Morgan fingerprint density at radius 3 is 2.62 bits per heavy atom. The van der Waals surface area contributed by atoms with Gasteiger partial charge in [-0.05, 0) is 36.5 Å². The van der Waals surface area contributed by atoms with Gasteiger partial charge in [0.15, 0.2) is 0 Å². The number of aromatic nitrogens is 1. The molecule has 2 saturated heterocycles. The summed E-state index contributed by atoms with van der Waals surface area (Å²) in [5.74, 6) is -0.866. The van der Waals surface area contributed by atoms with E-state index in [0.717, 1.165) is 12.8 Å². The number of rotatable bonds is 6. The van der Waals surface area contributed by atoms with Gasteiger partial charge in [-0.1, -0.05) is 30.3 Å². The van der Waals surface area contributed by atoms with Crippen molar-refractivity contribution in [3.8, 4) is 0 Å². The predicted octanol–water partition coefficient (Wildman–Crippen LogP) is 1.47. The minimum Gasteiger partial charge on any atom is -0.480 e. The van der Waals surface area contributed by atoms with Gasteiger partial charge in [0, 0.05) is 37.8 Å². The van der Waals surface area contributed by atoms with Crippen LogP contribution >= 0.6 is 0 Å². The molecule has 152 valence electrons. The highest BCUT2D eigenvalue weighted by atomic mass is 16.4. The third-order valence-electron chi connectivity index (χ3n) is 6.28. The average molecular weight is 395 g/mol. The van der Waals surface area contributed by atoms with Gasteiger partial charge in [0.2, 0.25) is 0 Å². The summed E-state index contributed by atoms with van der Waals surface area (Å²) in [7, 11) is 0. The van der Waals surface area contributed by atoms with Crippen molar-refractivity contribution < 1.29 is 14.7 Å². The van der Waals surface area contributed by atoms with E-state index in [1.807, 2.05) is 23.1 Å². The van der Waals surface area contributed by atoms with Crippen LogP contribution in [0.25, 0.3) is 0 Å². The maximum absolute atomic E-state index is 13.0.